The maximum atomic E-state index is 10.3. The molecule has 0 bridgehead atoms. The molecule has 1 heterocycles. The van der Waals surface area contributed by atoms with Gasteiger partial charge in [0.1, 0.15) is 10.8 Å². The molecule has 0 radical (unpaired) electrons. The summed E-state index contributed by atoms with van der Waals surface area (Å²) >= 11 is 5.02. The Morgan fingerprint density at radius 1 is 1.00 bits per heavy atom. The van der Waals surface area contributed by atoms with Crippen LogP contribution in [0.25, 0.3) is 26.9 Å². The molecule has 0 fully saturated rings. The lowest BCUT2D eigenvalue weighted by Gasteiger charge is -2.02. The zero-order valence-corrected chi connectivity index (χ0v) is 16.6. The van der Waals surface area contributed by atoms with E-state index in [-0.39, 0.29) is 5.75 Å². The number of benzene rings is 3. The highest BCUT2D eigenvalue weighted by Crippen LogP contribution is 2.37. The summed E-state index contributed by atoms with van der Waals surface area (Å²) in [4.78, 5) is 9.08. The minimum Gasteiger partial charge on any atom is -0.507 e. The number of phenolic OH excluding ortho intramolecular Hbond substituents is 1. The second-order valence-corrected chi connectivity index (χ2v) is 7.83. The summed E-state index contributed by atoms with van der Waals surface area (Å²) in [6.45, 7) is 0. The molecule has 0 aliphatic carbocycles. The number of thiazole rings is 1. The molecule has 4 rings (SSSR count). The second kappa shape index (κ2) is 7.86. The normalized spacial score (nSPS) is 11.7. The van der Waals surface area contributed by atoms with E-state index in [4.69, 9.17) is 0 Å². The molecule has 3 aromatic carbocycles. The van der Waals surface area contributed by atoms with E-state index in [0.29, 0.717) is 5.56 Å². The predicted molar refractivity (Wildman–Crippen MR) is 118 cm³/mol. The van der Waals surface area contributed by atoms with Gasteiger partial charge in [0.25, 0.3) is 0 Å². The molecule has 4 aromatic rings. The Kier molecular flexibility index (Phi) is 5.14. The van der Waals surface area contributed by atoms with Crippen molar-refractivity contribution in [2.75, 3.05) is 0 Å². The van der Waals surface area contributed by atoms with E-state index in [9.17, 15) is 5.11 Å². The van der Waals surface area contributed by atoms with Gasteiger partial charge in [-0.1, -0.05) is 46.3 Å². The summed E-state index contributed by atoms with van der Waals surface area (Å²) < 4.78 is 2.14. The van der Waals surface area contributed by atoms with Crippen molar-refractivity contribution < 1.29 is 5.11 Å². The number of hydrogen-bond acceptors (Lipinski definition) is 4. The topological polar surface area (TPSA) is 45.5 Å². The van der Waals surface area contributed by atoms with Crippen LogP contribution in [0.3, 0.4) is 0 Å². The molecule has 0 atom stereocenters. The number of fused-ring (bicyclic) bond motifs is 1. The smallest absolute Gasteiger partial charge is 0.128 e. The second-order valence-electron chi connectivity index (χ2n) is 5.88. The zero-order valence-electron chi connectivity index (χ0n) is 14.2. The lowest BCUT2D eigenvalue weighted by atomic mass is 10.2. The molecule has 5 heteroatoms. The van der Waals surface area contributed by atoms with E-state index >= 15 is 0 Å². The van der Waals surface area contributed by atoms with Crippen LogP contribution in [0.5, 0.6) is 5.75 Å². The minimum absolute atomic E-state index is 0.206. The average molecular weight is 435 g/mol. The molecular formula is C22H15BrN2OS. The molecule has 0 aliphatic heterocycles. The summed E-state index contributed by atoms with van der Waals surface area (Å²) in [5, 5.41) is 11.0. The highest BCUT2D eigenvalue weighted by molar-refractivity contribution is 9.10. The van der Waals surface area contributed by atoms with Gasteiger partial charge in [0, 0.05) is 10.7 Å². The van der Waals surface area contributed by atoms with Crippen LogP contribution in [0.1, 0.15) is 5.56 Å². The summed E-state index contributed by atoms with van der Waals surface area (Å²) in [5.41, 5.74) is 3.49. The third-order valence-corrected chi connectivity index (χ3v) is 5.51. The molecule has 0 amide bonds. The van der Waals surface area contributed by atoms with Crippen LogP contribution >= 0.6 is 27.3 Å². The Morgan fingerprint density at radius 3 is 2.74 bits per heavy atom. The van der Waals surface area contributed by atoms with Gasteiger partial charge in [0.05, 0.1) is 21.5 Å². The Labute approximate surface area is 169 Å². The third-order valence-electron chi connectivity index (χ3n) is 3.95. The van der Waals surface area contributed by atoms with Crippen LogP contribution in [0, 0.1) is 0 Å². The maximum absolute atomic E-state index is 10.3. The van der Waals surface area contributed by atoms with Crippen molar-refractivity contribution in [3.05, 3.63) is 82.8 Å². The van der Waals surface area contributed by atoms with Gasteiger partial charge >= 0.3 is 0 Å². The summed E-state index contributed by atoms with van der Waals surface area (Å²) in [6, 6.07) is 21.3. The summed E-state index contributed by atoms with van der Waals surface area (Å²) in [6.07, 6.45) is 5.63. The monoisotopic (exact) mass is 434 g/mol. The first-order chi connectivity index (χ1) is 13.2. The molecule has 1 aromatic heterocycles. The van der Waals surface area contributed by atoms with Gasteiger partial charge in [0.15, 0.2) is 0 Å². The number of halogens is 1. The number of hydrogen-bond donors (Lipinski definition) is 1. The van der Waals surface area contributed by atoms with Crippen LogP contribution < -0.4 is 0 Å². The number of aromatic nitrogens is 1. The number of aliphatic imine (C=N–C) groups is 1. The molecule has 132 valence electrons. The third kappa shape index (κ3) is 4.15. The van der Waals surface area contributed by atoms with Crippen molar-refractivity contribution in [3.8, 4) is 16.3 Å². The number of phenols is 1. The Balaban J connectivity index is 1.58. The van der Waals surface area contributed by atoms with Crippen LogP contribution in [-0.2, 0) is 0 Å². The quantitative estimate of drug-likeness (QED) is 0.357. The molecule has 0 unspecified atom stereocenters. The first kappa shape index (κ1) is 17.6. The first-order valence-electron chi connectivity index (χ1n) is 8.34. The van der Waals surface area contributed by atoms with Crippen LogP contribution in [0.15, 0.2) is 82.3 Å². The lowest BCUT2D eigenvalue weighted by Crippen LogP contribution is -1.78. The maximum Gasteiger partial charge on any atom is 0.128 e. The molecular weight excluding hydrogens is 420 g/mol. The van der Waals surface area contributed by atoms with Crippen molar-refractivity contribution in [3.63, 3.8) is 0 Å². The molecule has 1 N–H and O–H groups in total. The fraction of sp³-hybridized carbons (Fsp3) is 0. The van der Waals surface area contributed by atoms with Gasteiger partial charge in [-0.3, -0.25) is 4.99 Å². The van der Waals surface area contributed by atoms with Gasteiger partial charge in [-0.15, -0.1) is 11.3 Å². The van der Waals surface area contributed by atoms with E-state index in [1.165, 1.54) is 0 Å². The van der Waals surface area contributed by atoms with Gasteiger partial charge in [-0.2, -0.15) is 0 Å². The van der Waals surface area contributed by atoms with E-state index in [0.717, 1.165) is 30.9 Å². The van der Waals surface area contributed by atoms with Crippen molar-refractivity contribution >= 4 is 55.5 Å². The molecule has 0 saturated carbocycles. The Morgan fingerprint density at radius 2 is 1.89 bits per heavy atom. The van der Waals surface area contributed by atoms with E-state index in [1.807, 2.05) is 66.7 Å². The van der Waals surface area contributed by atoms with Gasteiger partial charge in [-0.25, -0.2) is 4.98 Å². The Hall–Kier alpha value is -2.76. The largest absolute Gasteiger partial charge is 0.507 e. The van der Waals surface area contributed by atoms with Crippen LogP contribution in [0.2, 0.25) is 0 Å². The van der Waals surface area contributed by atoms with E-state index in [2.05, 4.69) is 25.9 Å². The number of para-hydroxylation sites is 1. The van der Waals surface area contributed by atoms with E-state index in [1.54, 1.807) is 29.7 Å². The number of allylic oxidation sites excluding steroid dienone is 1. The lowest BCUT2D eigenvalue weighted by molar-refractivity contribution is 0.477. The molecule has 27 heavy (non-hydrogen) atoms. The summed E-state index contributed by atoms with van der Waals surface area (Å²) in [5.74, 6) is 0.206. The Bertz CT molecular complexity index is 1130. The van der Waals surface area contributed by atoms with Gasteiger partial charge in [-0.05, 0) is 54.1 Å². The molecule has 0 aliphatic rings. The zero-order chi connectivity index (χ0) is 18.6. The summed E-state index contributed by atoms with van der Waals surface area (Å²) in [7, 11) is 0. The average Bonchev–Trinajstić information content (AvgIpc) is 3.10. The van der Waals surface area contributed by atoms with Gasteiger partial charge < -0.3 is 5.11 Å². The predicted octanol–water partition coefficient (Wildman–Crippen LogP) is 6.85. The van der Waals surface area contributed by atoms with Gasteiger partial charge in [0.2, 0.25) is 0 Å². The van der Waals surface area contributed by atoms with Crippen molar-refractivity contribution in [1.82, 2.24) is 4.98 Å². The van der Waals surface area contributed by atoms with Crippen molar-refractivity contribution in [2.45, 2.75) is 0 Å². The minimum atomic E-state index is 0.206. The van der Waals surface area contributed by atoms with E-state index < -0.39 is 0 Å². The first-order valence-corrected chi connectivity index (χ1v) is 9.95. The molecule has 0 spiro atoms. The highest BCUT2D eigenvalue weighted by Gasteiger charge is 2.10. The van der Waals surface area contributed by atoms with Crippen LogP contribution in [-0.4, -0.2) is 16.3 Å². The number of rotatable bonds is 4. The van der Waals surface area contributed by atoms with Crippen molar-refractivity contribution in [1.29, 1.82) is 0 Å². The standard InChI is InChI=1S/C22H15BrN2OS/c23-16-7-3-5-15(13-16)6-4-12-24-17-10-11-20(26)18(14-17)22-25-19-8-1-2-9-21(19)27-22/h1-14,26H/b6-4+,24-12?. The fourth-order valence-electron chi connectivity index (χ4n) is 2.66. The number of aromatic hydroxyl groups is 1. The highest BCUT2D eigenvalue weighted by atomic mass is 79.9. The SMILES string of the molecule is Oc1ccc(N=C/C=C/c2cccc(Br)c2)cc1-c1nc2ccccc2s1. The fourth-order valence-corrected chi connectivity index (χ4v) is 4.06. The van der Waals surface area contributed by atoms with Crippen molar-refractivity contribution in [2.24, 2.45) is 4.99 Å². The molecule has 0 saturated heterocycles. The molecule has 3 nitrogen and oxygen atoms in total. The van der Waals surface area contributed by atoms with Crippen LogP contribution in [0.4, 0.5) is 5.69 Å². The number of nitrogens with zero attached hydrogens (tertiary/aromatic N) is 2.